The first-order valence-electron chi connectivity index (χ1n) is 4.88. The number of hydrogen-bond donors (Lipinski definition) is 1. The third-order valence-electron chi connectivity index (χ3n) is 2.32. The molecule has 2 aromatic heterocycles. The van der Waals surface area contributed by atoms with Crippen molar-refractivity contribution in [2.24, 2.45) is 0 Å². The summed E-state index contributed by atoms with van der Waals surface area (Å²) in [6.45, 7) is 1.27. The van der Waals surface area contributed by atoms with Gasteiger partial charge in [-0.1, -0.05) is 0 Å². The summed E-state index contributed by atoms with van der Waals surface area (Å²) in [7, 11) is 3.25. The van der Waals surface area contributed by atoms with E-state index in [1.165, 1.54) is 0 Å². The van der Waals surface area contributed by atoms with E-state index in [2.05, 4.69) is 9.97 Å². The lowest BCUT2D eigenvalue weighted by atomic mass is 10.4. The Bertz CT molecular complexity index is 546. The maximum atomic E-state index is 5.22. The zero-order chi connectivity index (χ0) is 11.5. The van der Waals surface area contributed by atoms with Gasteiger partial charge in [-0.05, 0) is 18.3 Å². The number of methoxy groups -OCH3 is 2. The lowest BCUT2D eigenvalue weighted by Crippen LogP contribution is -2.05. The second-order valence-electron chi connectivity index (χ2n) is 3.30. The van der Waals surface area contributed by atoms with Gasteiger partial charge < -0.3 is 14.5 Å². The number of hydrogen-bond acceptors (Lipinski definition) is 4. The zero-order valence-electron chi connectivity index (χ0n) is 9.19. The first kappa shape index (κ1) is 11.1. The largest absolute Gasteiger partial charge is 0.481 e. The fraction of sp³-hybridized carbons (Fsp3) is 0.400. The van der Waals surface area contributed by atoms with Gasteiger partial charge >= 0.3 is 0 Å². The molecule has 0 atom stereocenters. The first-order chi connectivity index (χ1) is 7.76. The highest BCUT2D eigenvalue weighted by Crippen LogP contribution is 2.16. The minimum absolute atomic E-state index is 0.577. The molecule has 0 saturated carbocycles. The summed E-state index contributed by atoms with van der Waals surface area (Å²) in [6.07, 6.45) is 0. The molecule has 0 aliphatic rings. The number of nitrogens with one attached hydrogen (secondary N) is 1. The van der Waals surface area contributed by atoms with Crippen molar-refractivity contribution in [3.05, 3.63) is 16.9 Å². The van der Waals surface area contributed by atoms with Crippen LogP contribution >= 0.6 is 12.2 Å². The van der Waals surface area contributed by atoms with Gasteiger partial charge in [0.2, 0.25) is 5.88 Å². The van der Waals surface area contributed by atoms with E-state index in [1.807, 2.05) is 10.6 Å². The number of pyridine rings is 1. The smallest absolute Gasteiger partial charge is 0.215 e. The van der Waals surface area contributed by atoms with E-state index >= 15 is 0 Å². The number of aromatic nitrogens is 3. The average molecular weight is 239 g/mol. The zero-order valence-corrected chi connectivity index (χ0v) is 10.0. The molecule has 0 radical (unpaired) electrons. The second-order valence-corrected chi connectivity index (χ2v) is 3.69. The minimum Gasteiger partial charge on any atom is -0.481 e. The van der Waals surface area contributed by atoms with Gasteiger partial charge in [-0.15, -0.1) is 0 Å². The van der Waals surface area contributed by atoms with Crippen molar-refractivity contribution in [1.82, 2.24) is 14.5 Å². The van der Waals surface area contributed by atoms with Gasteiger partial charge in [0, 0.05) is 13.2 Å². The van der Waals surface area contributed by atoms with Crippen molar-refractivity contribution in [1.29, 1.82) is 0 Å². The molecule has 0 unspecified atom stereocenters. The lowest BCUT2D eigenvalue weighted by molar-refractivity contribution is 0.187. The number of ether oxygens (including phenoxy) is 2. The maximum absolute atomic E-state index is 5.22. The number of nitrogens with zero attached hydrogens (tertiary/aromatic N) is 2. The summed E-state index contributed by atoms with van der Waals surface area (Å²) in [5, 5.41) is 0. The molecule has 0 aromatic carbocycles. The highest BCUT2D eigenvalue weighted by molar-refractivity contribution is 7.71. The quantitative estimate of drug-likeness (QED) is 0.826. The fourth-order valence-corrected chi connectivity index (χ4v) is 1.80. The van der Waals surface area contributed by atoms with Crippen LogP contribution in [0.4, 0.5) is 0 Å². The van der Waals surface area contributed by atoms with Gasteiger partial charge in [0.15, 0.2) is 10.4 Å². The van der Waals surface area contributed by atoms with Crippen LogP contribution < -0.4 is 4.74 Å². The number of rotatable bonds is 4. The lowest BCUT2D eigenvalue weighted by Gasteiger charge is -2.03. The molecule has 0 fully saturated rings. The highest BCUT2D eigenvalue weighted by Gasteiger charge is 2.06. The van der Waals surface area contributed by atoms with E-state index in [0.29, 0.717) is 23.8 Å². The molecule has 0 amide bonds. The van der Waals surface area contributed by atoms with E-state index in [-0.39, 0.29) is 0 Å². The van der Waals surface area contributed by atoms with Gasteiger partial charge in [0.1, 0.15) is 0 Å². The van der Waals surface area contributed by atoms with Crippen molar-refractivity contribution < 1.29 is 9.47 Å². The van der Waals surface area contributed by atoms with E-state index in [0.717, 1.165) is 11.2 Å². The molecule has 0 bridgehead atoms. The minimum atomic E-state index is 0.577. The van der Waals surface area contributed by atoms with Gasteiger partial charge in [-0.2, -0.15) is 4.98 Å². The molecule has 0 aliphatic carbocycles. The van der Waals surface area contributed by atoms with E-state index in [1.54, 1.807) is 20.3 Å². The Labute approximate surface area is 98.0 Å². The van der Waals surface area contributed by atoms with Crippen molar-refractivity contribution in [2.75, 3.05) is 20.8 Å². The van der Waals surface area contributed by atoms with E-state index in [4.69, 9.17) is 21.7 Å². The van der Waals surface area contributed by atoms with Crippen LogP contribution in [0.2, 0.25) is 0 Å². The molecule has 6 heteroatoms. The van der Waals surface area contributed by atoms with Crippen LogP contribution in [-0.2, 0) is 11.3 Å². The third-order valence-corrected chi connectivity index (χ3v) is 2.64. The van der Waals surface area contributed by atoms with Gasteiger partial charge in [-0.3, -0.25) is 4.57 Å². The Balaban J connectivity index is 2.52. The van der Waals surface area contributed by atoms with Crippen LogP contribution in [0.5, 0.6) is 5.88 Å². The molecular formula is C10H13N3O2S. The summed E-state index contributed by atoms with van der Waals surface area (Å²) in [6, 6.07) is 3.70. The normalized spacial score (nSPS) is 10.9. The van der Waals surface area contributed by atoms with Crippen molar-refractivity contribution >= 4 is 23.4 Å². The Morgan fingerprint density at radius 3 is 2.94 bits per heavy atom. The van der Waals surface area contributed by atoms with Crippen LogP contribution in [0, 0.1) is 4.77 Å². The monoisotopic (exact) mass is 239 g/mol. The summed E-state index contributed by atoms with van der Waals surface area (Å²) in [5.74, 6) is 0.577. The molecule has 2 rings (SSSR count). The molecule has 5 nitrogen and oxygen atoms in total. The Morgan fingerprint density at radius 2 is 2.25 bits per heavy atom. The first-order valence-corrected chi connectivity index (χ1v) is 5.29. The van der Waals surface area contributed by atoms with Crippen LogP contribution in [-0.4, -0.2) is 35.4 Å². The van der Waals surface area contributed by atoms with Crippen LogP contribution in [0.1, 0.15) is 0 Å². The SMILES string of the molecule is COCCn1c(=S)[nH]c2ccc(OC)nc21. The molecule has 86 valence electrons. The van der Waals surface area contributed by atoms with Gasteiger partial charge in [0.25, 0.3) is 0 Å². The van der Waals surface area contributed by atoms with Gasteiger partial charge in [-0.25, -0.2) is 0 Å². The molecule has 0 spiro atoms. The fourth-order valence-electron chi connectivity index (χ4n) is 1.52. The summed E-state index contributed by atoms with van der Waals surface area (Å²) in [5.41, 5.74) is 1.70. The average Bonchev–Trinajstić information content (AvgIpc) is 2.61. The Morgan fingerprint density at radius 1 is 1.44 bits per heavy atom. The summed E-state index contributed by atoms with van der Waals surface area (Å²) in [4.78, 5) is 7.45. The molecular weight excluding hydrogens is 226 g/mol. The van der Waals surface area contributed by atoms with Crippen LogP contribution in [0.25, 0.3) is 11.2 Å². The highest BCUT2D eigenvalue weighted by atomic mass is 32.1. The number of H-pyrrole nitrogens is 1. The number of aromatic amines is 1. The topological polar surface area (TPSA) is 52.1 Å². The van der Waals surface area contributed by atoms with Crippen molar-refractivity contribution in [3.63, 3.8) is 0 Å². The predicted octanol–water partition coefficient (Wildman–Crippen LogP) is 1.75. The Kier molecular flexibility index (Phi) is 3.21. The molecule has 1 N–H and O–H groups in total. The summed E-state index contributed by atoms with van der Waals surface area (Å²) < 4.78 is 12.7. The van der Waals surface area contributed by atoms with E-state index in [9.17, 15) is 0 Å². The van der Waals surface area contributed by atoms with Crippen LogP contribution in [0.15, 0.2) is 12.1 Å². The Hall–Kier alpha value is -1.40. The molecule has 0 aliphatic heterocycles. The van der Waals surface area contributed by atoms with Crippen molar-refractivity contribution in [3.8, 4) is 5.88 Å². The molecule has 2 aromatic rings. The molecule has 16 heavy (non-hydrogen) atoms. The molecule has 0 saturated heterocycles. The summed E-state index contributed by atoms with van der Waals surface area (Å²) >= 11 is 5.22. The van der Waals surface area contributed by atoms with Crippen LogP contribution in [0.3, 0.4) is 0 Å². The van der Waals surface area contributed by atoms with Gasteiger partial charge in [0.05, 0.1) is 25.8 Å². The second kappa shape index (κ2) is 4.63. The number of fused-ring (bicyclic) bond motifs is 1. The predicted molar refractivity (Wildman–Crippen MR) is 63.3 cm³/mol. The third kappa shape index (κ3) is 1.94. The number of imidazole rings is 1. The molecule has 2 heterocycles. The maximum Gasteiger partial charge on any atom is 0.215 e. The van der Waals surface area contributed by atoms with Crippen molar-refractivity contribution in [2.45, 2.75) is 6.54 Å². The van der Waals surface area contributed by atoms with E-state index < -0.39 is 0 Å². The standard InChI is InChI=1S/C10H13N3O2S/c1-14-6-5-13-9-7(11-10(13)16)3-4-8(12-9)15-2/h3-4H,5-6H2,1-2H3,(H,11,16).